The molecule has 0 aliphatic heterocycles. The highest BCUT2D eigenvalue weighted by atomic mass is 16.6. The summed E-state index contributed by atoms with van der Waals surface area (Å²) in [6, 6.07) is 0. The molecule has 1 unspecified atom stereocenters. The molecule has 52 heavy (non-hydrogen) atoms. The first kappa shape index (κ1) is 49.4. The maximum Gasteiger partial charge on any atom is 0.306 e. The van der Waals surface area contributed by atoms with Crippen LogP contribution in [0.4, 0.5) is 0 Å². The molecule has 0 bridgehead atoms. The monoisotopic (exact) mass is 729 g/mol. The van der Waals surface area contributed by atoms with Gasteiger partial charge in [-0.05, 0) is 57.8 Å². The van der Waals surface area contributed by atoms with E-state index in [0.29, 0.717) is 19.3 Å². The van der Waals surface area contributed by atoms with E-state index in [1.807, 2.05) is 0 Å². The molecular weight excluding hydrogens is 648 g/mol. The first-order valence-corrected chi connectivity index (χ1v) is 21.6. The highest BCUT2D eigenvalue weighted by molar-refractivity contribution is 5.71. The minimum absolute atomic E-state index is 0.0842. The Balaban J connectivity index is 4.42. The van der Waals surface area contributed by atoms with Crippen LogP contribution in [0.25, 0.3) is 0 Å². The summed E-state index contributed by atoms with van der Waals surface area (Å²) in [6.45, 7) is 6.44. The molecule has 0 aliphatic carbocycles. The molecular formula is C46H80O6. The summed E-state index contributed by atoms with van der Waals surface area (Å²) < 4.78 is 16.6. The van der Waals surface area contributed by atoms with Crippen molar-refractivity contribution in [2.45, 2.75) is 213 Å². The minimum Gasteiger partial charge on any atom is -0.462 e. The average molecular weight is 729 g/mol. The van der Waals surface area contributed by atoms with E-state index in [-0.39, 0.29) is 31.1 Å². The van der Waals surface area contributed by atoms with Crippen LogP contribution in [0.5, 0.6) is 0 Å². The van der Waals surface area contributed by atoms with Crippen LogP contribution in [0.1, 0.15) is 207 Å². The lowest BCUT2D eigenvalue weighted by Crippen LogP contribution is -2.30. The molecule has 0 spiro atoms. The summed E-state index contributed by atoms with van der Waals surface area (Å²) in [5.41, 5.74) is 0. The zero-order chi connectivity index (χ0) is 38.0. The van der Waals surface area contributed by atoms with Gasteiger partial charge in [0, 0.05) is 19.3 Å². The molecule has 0 fully saturated rings. The molecule has 0 aliphatic rings. The second kappa shape index (κ2) is 41.1. The third kappa shape index (κ3) is 38.6. The van der Waals surface area contributed by atoms with Crippen molar-refractivity contribution >= 4 is 17.9 Å². The van der Waals surface area contributed by atoms with Crippen LogP contribution in [0.15, 0.2) is 48.6 Å². The Labute approximate surface area is 320 Å². The van der Waals surface area contributed by atoms with Gasteiger partial charge < -0.3 is 14.2 Å². The van der Waals surface area contributed by atoms with E-state index in [2.05, 4.69) is 69.4 Å². The van der Waals surface area contributed by atoms with E-state index in [9.17, 15) is 14.4 Å². The molecule has 0 saturated carbocycles. The van der Waals surface area contributed by atoms with Crippen molar-refractivity contribution in [1.82, 2.24) is 0 Å². The van der Waals surface area contributed by atoms with Crippen LogP contribution >= 0.6 is 0 Å². The van der Waals surface area contributed by atoms with Gasteiger partial charge in [-0.1, -0.05) is 179 Å². The highest BCUT2D eigenvalue weighted by Gasteiger charge is 2.19. The number of rotatable bonds is 38. The van der Waals surface area contributed by atoms with Crippen molar-refractivity contribution in [3.8, 4) is 0 Å². The summed E-state index contributed by atoms with van der Waals surface area (Å²) >= 11 is 0. The third-order valence-corrected chi connectivity index (χ3v) is 9.10. The molecule has 300 valence electrons. The standard InChI is InChI=1S/C46H80O6/c1-4-7-10-13-16-19-21-22-23-24-25-28-30-33-36-39-45(48)51-42-43(41-50-44(47)38-35-32-29-26-18-15-12-9-6-3)52-46(49)40-37-34-31-27-20-17-14-11-8-5-2/h7,10,16,19,22-23,25,28,43H,4-6,8-9,11-15,17-18,20-21,24,26-27,29-42H2,1-3H3/b10-7-,19-16-,23-22-,28-25-. The Kier molecular flexibility index (Phi) is 39.1. The van der Waals surface area contributed by atoms with E-state index in [1.54, 1.807) is 0 Å². The molecule has 6 nitrogen and oxygen atoms in total. The predicted octanol–water partition coefficient (Wildman–Crippen LogP) is 13.6. The quantitative estimate of drug-likeness (QED) is 0.0272. The summed E-state index contributed by atoms with van der Waals surface area (Å²) in [7, 11) is 0. The predicted molar refractivity (Wildman–Crippen MR) is 219 cm³/mol. The minimum atomic E-state index is -0.781. The van der Waals surface area contributed by atoms with Gasteiger partial charge in [0.05, 0.1) is 0 Å². The summed E-state index contributed by atoms with van der Waals surface area (Å²) in [6.07, 6.45) is 46.7. The van der Waals surface area contributed by atoms with Gasteiger partial charge in [0.1, 0.15) is 13.2 Å². The number of ether oxygens (including phenoxy) is 3. The number of allylic oxidation sites excluding steroid dienone is 8. The topological polar surface area (TPSA) is 78.9 Å². The van der Waals surface area contributed by atoms with Crippen molar-refractivity contribution in [3.05, 3.63) is 48.6 Å². The van der Waals surface area contributed by atoms with Gasteiger partial charge in [-0.25, -0.2) is 0 Å². The zero-order valence-electron chi connectivity index (χ0n) is 34.1. The van der Waals surface area contributed by atoms with E-state index in [4.69, 9.17) is 14.2 Å². The first-order chi connectivity index (χ1) is 25.5. The largest absolute Gasteiger partial charge is 0.462 e. The molecule has 0 radical (unpaired) electrons. The Bertz CT molecular complexity index is 933. The smallest absolute Gasteiger partial charge is 0.306 e. The van der Waals surface area contributed by atoms with Crippen LogP contribution in [-0.4, -0.2) is 37.2 Å². The molecule has 0 N–H and O–H groups in total. The van der Waals surface area contributed by atoms with Crippen molar-refractivity contribution in [3.63, 3.8) is 0 Å². The van der Waals surface area contributed by atoms with Gasteiger partial charge in [0.15, 0.2) is 6.10 Å². The molecule has 1 atom stereocenters. The normalized spacial score (nSPS) is 12.4. The van der Waals surface area contributed by atoms with Crippen molar-refractivity contribution in [2.75, 3.05) is 13.2 Å². The van der Waals surface area contributed by atoms with Crippen LogP contribution in [-0.2, 0) is 28.6 Å². The van der Waals surface area contributed by atoms with Gasteiger partial charge in [-0.15, -0.1) is 0 Å². The van der Waals surface area contributed by atoms with Gasteiger partial charge >= 0.3 is 17.9 Å². The Morgan fingerprint density at radius 3 is 1.17 bits per heavy atom. The fraction of sp³-hybridized carbons (Fsp3) is 0.761. The average Bonchev–Trinajstić information content (AvgIpc) is 3.14. The fourth-order valence-corrected chi connectivity index (χ4v) is 5.84. The van der Waals surface area contributed by atoms with E-state index in [1.165, 1.54) is 83.5 Å². The SMILES string of the molecule is CC/C=C\C/C=C\C/C=C\C/C=C\CCCCC(=O)OCC(COC(=O)CCCCCCCCCCC)OC(=O)CCCCCCCCCCCC. The maximum atomic E-state index is 12.6. The molecule has 0 aromatic rings. The molecule has 0 aromatic heterocycles. The van der Waals surface area contributed by atoms with Crippen LogP contribution in [0.3, 0.4) is 0 Å². The summed E-state index contributed by atoms with van der Waals surface area (Å²) in [4.78, 5) is 37.5. The lowest BCUT2D eigenvalue weighted by molar-refractivity contribution is -0.167. The number of esters is 3. The van der Waals surface area contributed by atoms with Gasteiger partial charge in [-0.3, -0.25) is 14.4 Å². The summed E-state index contributed by atoms with van der Waals surface area (Å²) in [5, 5.41) is 0. The Hall–Kier alpha value is -2.63. The second-order valence-electron chi connectivity index (χ2n) is 14.2. The van der Waals surface area contributed by atoms with Crippen LogP contribution in [0, 0.1) is 0 Å². The molecule has 6 heteroatoms. The third-order valence-electron chi connectivity index (χ3n) is 9.10. The maximum absolute atomic E-state index is 12.6. The van der Waals surface area contributed by atoms with Crippen LogP contribution < -0.4 is 0 Å². The molecule has 0 aromatic carbocycles. The Morgan fingerprint density at radius 2 is 0.750 bits per heavy atom. The van der Waals surface area contributed by atoms with Gasteiger partial charge in [0.25, 0.3) is 0 Å². The Morgan fingerprint density at radius 1 is 0.404 bits per heavy atom. The molecule has 0 heterocycles. The molecule has 0 rings (SSSR count). The first-order valence-electron chi connectivity index (χ1n) is 21.6. The lowest BCUT2D eigenvalue weighted by atomic mass is 10.1. The number of carbonyl (C=O) groups excluding carboxylic acids is 3. The second-order valence-corrected chi connectivity index (χ2v) is 14.2. The zero-order valence-corrected chi connectivity index (χ0v) is 34.1. The van der Waals surface area contributed by atoms with Crippen molar-refractivity contribution in [2.24, 2.45) is 0 Å². The number of hydrogen-bond donors (Lipinski definition) is 0. The molecule has 0 amide bonds. The molecule has 0 saturated heterocycles. The summed E-state index contributed by atoms with van der Waals surface area (Å²) in [5.74, 6) is -0.934. The number of carbonyl (C=O) groups is 3. The number of unbranched alkanes of at least 4 members (excludes halogenated alkanes) is 19. The number of hydrogen-bond acceptors (Lipinski definition) is 6. The van der Waals surface area contributed by atoms with E-state index >= 15 is 0 Å². The van der Waals surface area contributed by atoms with E-state index < -0.39 is 6.10 Å². The van der Waals surface area contributed by atoms with Crippen molar-refractivity contribution in [1.29, 1.82) is 0 Å². The van der Waals surface area contributed by atoms with Crippen molar-refractivity contribution < 1.29 is 28.6 Å². The van der Waals surface area contributed by atoms with E-state index in [0.717, 1.165) is 83.5 Å². The van der Waals surface area contributed by atoms with Gasteiger partial charge in [0.2, 0.25) is 0 Å². The fourth-order valence-electron chi connectivity index (χ4n) is 5.84. The highest BCUT2D eigenvalue weighted by Crippen LogP contribution is 2.14. The van der Waals surface area contributed by atoms with Gasteiger partial charge in [-0.2, -0.15) is 0 Å². The van der Waals surface area contributed by atoms with Crippen LogP contribution in [0.2, 0.25) is 0 Å². The lowest BCUT2D eigenvalue weighted by Gasteiger charge is -2.18.